The second-order valence-corrected chi connectivity index (χ2v) is 7.52. The van der Waals surface area contributed by atoms with Gasteiger partial charge in [0.25, 0.3) is 0 Å². The fourth-order valence-corrected chi connectivity index (χ4v) is 3.77. The molecule has 4 nitrogen and oxygen atoms in total. The third-order valence-electron chi connectivity index (χ3n) is 3.90. The molecule has 0 saturated heterocycles. The molecule has 3 aromatic rings. The number of amides is 1. The number of benzene rings is 3. The molecular weight excluding hydrogens is 460 g/mol. The highest BCUT2D eigenvalue weighted by molar-refractivity contribution is 9.11. The van der Waals surface area contributed by atoms with Gasteiger partial charge in [-0.3, -0.25) is 4.79 Å². The molecular formula is C20H16Br2N2O2. The number of fused-ring (bicyclic) bond motifs is 1. The van der Waals surface area contributed by atoms with Gasteiger partial charge in [-0.1, -0.05) is 42.5 Å². The summed E-state index contributed by atoms with van der Waals surface area (Å²) in [6, 6.07) is 17.8. The molecule has 0 saturated carbocycles. The van der Waals surface area contributed by atoms with E-state index in [4.69, 9.17) is 0 Å². The second kappa shape index (κ2) is 8.47. The summed E-state index contributed by atoms with van der Waals surface area (Å²) in [5.74, 6) is -0.0205. The van der Waals surface area contributed by atoms with Gasteiger partial charge in [0.2, 0.25) is 5.91 Å². The zero-order chi connectivity index (χ0) is 18.5. The summed E-state index contributed by atoms with van der Waals surface area (Å²) in [5, 5.41) is 16.0. The molecule has 0 aliphatic carbocycles. The SMILES string of the molecule is O=C(CCc1ccc2ccccc2c1)N/N=C/c1cc(Br)c(O)c(Br)c1. The summed E-state index contributed by atoms with van der Waals surface area (Å²) in [6.45, 7) is 0. The predicted octanol–water partition coefficient (Wildman–Crippen LogP) is 5.15. The molecule has 2 N–H and O–H groups in total. The normalized spacial score (nSPS) is 11.2. The minimum absolute atomic E-state index is 0.126. The molecule has 26 heavy (non-hydrogen) atoms. The Labute approximate surface area is 168 Å². The molecule has 0 radical (unpaired) electrons. The zero-order valence-electron chi connectivity index (χ0n) is 13.7. The Morgan fingerprint density at radius 2 is 1.73 bits per heavy atom. The number of carbonyl (C=O) groups is 1. The number of nitrogens with zero attached hydrogens (tertiary/aromatic N) is 1. The lowest BCUT2D eigenvalue weighted by atomic mass is 10.0. The standard InChI is InChI=1S/C20H16Br2N2O2/c21-17-10-14(11-18(22)20(17)26)12-23-24-19(25)8-6-13-5-7-15-3-1-2-4-16(15)9-13/h1-5,7,9-12,26H,6,8H2,(H,24,25)/b23-12+. The van der Waals surface area contributed by atoms with Gasteiger partial charge in [-0.15, -0.1) is 0 Å². The van der Waals surface area contributed by atoms with Crippen LogP contribution in [-0.2, 0) is 11.2 Å². The summed E-state index contributed by atoms with van der Waals surface area (Å²) in [6.07, 6.45) is 2.55. The van der Waals surface area contributed by atoms with Gasteiger partial charge in [-0.25, -0.2) is 5.43 Å². The highest BCUT2D eigenvalue weighted by Gasteiger charge is 2.05. The maximum absolute atomic E-state index is 12.0. The highest BCUT2D eigenvalue weighted by Crippen LogP contribution is 2.32. The van der Waals surface area contributed by atoms with Crippen LogP contribution in [0.4, 0.5) is 0 Å². The van der Waals surface area contributed by atoms with Crippen LogP contribution in [0, 0.1) is 0 Å². The topological polar surface area (TPSA) is 61.7 Å². The molecule has 0 fully saturated rings. The fourth-order valence-electron chi connectivity index (χ4n) is 2.55. The van der Waals surface area contributed by atoms with Crippen molar-refractivity contribution in [2.24, 2.45) is 5.10 Å². The molecule has 0 bridgehead atoms. The Bertz CT molecular complexity index is 963. The summed E-state index contributed by atoms with van der Waals surface area (Å²) in [7, 11) is 0. The first-order valence-corrected chi connectivity index (χ1v) is 9.59. The number of hydrogen-bond donors (Lipinski definition) is 2. The van der Waals surface area contributed by atoms with Crippen molar-refractivity contribution in [1.29, 1.82) is 0 Å². The van der Waals surface area contributed by atoms with Crippen LogP contribution in [0.1, 0.15) is 17.5 Å². The highest BCUT2D eigenvalue weighted by atomic mass is 79.9. The minimum atomic E-state index is -0.147. The number of halogens is 2. The lowest BCUT2D eigenvalue weighted by Gasteiger charge is -2.04. The van der Waals surface area contributed by atoms with Crippen LogP contribution in [0.2, 0.25) is 0 Å². The monoisotopic (exact) mass is 474 g/mol. The number of carbonyl (C=O) groups excluding carboxylic acids is 1. The van der Waals surface area contributed by atoms with Gasteiger partial charge < -0.3 is 5.11 Å². The maximum Gasteiger partial charge on any atom is 0.240 e. The van der Waals surface area contributed by atoms with Gasteiger partial charge in [0.1, 0.15) is 5.75 Å². The van der Waals surface area contributed by atoms with E-state index in [0.717, 1.165) is 11.1 Å². The molecule has 0 atom stereocenters. The summed E-state index contributed by atoms with van der Waals surface area (Å²) in [5.41, 5.74) is 4.40. The van der Waals surface area contributed by atoms with Crippen molar-refractivity contribution in [2.45, 2.75) is 12.8 Å². The van der Waals surface area contributed by atoms with Crippen molar-refractivity contribution < 1.29 is 9.90 Å². The smallest absolute Gasteiger partial charge is 0.240 e. The number of aromatic hydroxyl groups is 1. The lowest BCUT2D eigenvalue weighted by molar-refractivity contribution is -0.121. The Kier molecular flexibility index (Phi) is 6.06. The number of phenols is 1. The van der Waals surface area contributed by atoms with Crippen molar-refractivity contribution in [1.82, 2.24) is 5.43 Å². The first-order valence-electron chi connectivity index (χ1n) is 8.00. The Morgan fingerprint density at radius 1 is 1.04 bits per heavy atom. The van der Waals surface area contributed by atoms with E-state index in [-0.39, 0.29) is 11.7 Å². The van der Waals surface area contributed by atoms with Crippen LogP contribution in [0.25, 0.3) is 10.8 Å². The van der Waals surface area contributed by atoms with Crippen LogP contribution in [0.3, 0.4) is 0 Å². The molecule has 3 aromatic carbocycles. The van der Waals surface area contributed by atoms with Crippen molar-refractivity contribution in [3.63, 3.8) is 0 Å². The maximum atomic E-state index is 12.0. The van der Waals surface area contributed by atoms with Gasteiger partial charge >= 0.3 is 0 Å². The van der Waals surface area contributed by atoms with Gasteiger partial charge in [0.15, 0.2) is 0 Å². The average molecular weight is 476 g/mol. The molecule has 1 amide bonds. The second-order valence-electron chi connectivity index (χ2n) is 5.81. The van der Waals surface area contributed by atoms with Crippen LogP contribution >= 0.6 is 31.9 Å². The minimum Gasteiger partial charge on any atom is -0.506 e. The van der Waals surface area contributed by atoms with E-state index in [1.807, 2.05) is 18.2 Å². The van der Waals surface area contributed by atoms with E-state index in [1.165, 1.54) is 17.0 Å². The number of aryl methyl sites for hydroxylation is 1. The third-order valence-corrected chi connectivity index (χ3v) is 5.11. The van der Waals surface area contributed by atoms with Crippen LogP contribution in [-0.4, -0.2) is 17.2 Å². The van der Waals surface area contributed by atoms with Crippen molar-refractivity contribution in [2.75, 3.05) is 0 Å². The Morgan fingerprint density at radius 3 is 2.46 bits per heavy atom. The summed E-state index contributed by atoms with van der Waals surface area (Å²) < 4.78 is 1.10. The summed E-state index contributed by atoms with van der Waals surface area (Å²) in [4.78, 5) is 12.0. The molecule has 0 heterocycles. The lowest BCUT2D eigenvalue weighted by Crippen LogP contribution is -2.17. The first kappa shape index (κ1) is 18.6. The van der Waals surface area contributed by atoms with Crippen molar-refractivity contribution in [3.05, 3.63) is 74.7 Å². The van der Waals surface area contributed by atoms with Gasteiger partial charge in [-0.2, -0.15) is 5.10 Å². The van der Waals surface area contributed by atoms with Gasteiger partial charge in [-0.05, 0) is 72.3 Å². The largest absolute Gasteiger partial charge is 0.506 e. The molecule has 0 unspecified atom stereocenters. The molecule has 0 aliphatic rings. The van der Waals surface area contributed by atoms with Crippen molar-refractivity contribution >= 4 is 54.8 Å². The zero-order valence-corrected chi connectivity index (χ0v) is 16.9. The molecule has 3 rings (SSSR count). The molecule has 0 spiro atoms. The quantitative estimate of drug-likeness (QED) is 0.395. The van der Waals surface area contributed by atoms with Crippen molar-refractivity contribution in [3.8, 4) is 5.75 Å². The predicted molar refractivity (Wildman–Crippen MR) is 112 cm³/mol. The van der Waals surface area contributed by atoms with E-state index < -0.39 is 0 Å². The molecule has 132 valence electrons. The van der Waals surface area contributed by atoms with E-state index in [9.17, 15) is 9.90 Å². The van der Waals surface area contributed by atoms with Crippen LogP contribution in [0.15, 0.2) is 68.6 Å². The van der Waals surface area contributed by atoms with Crippen LogP contribution in [0.5, 0.6) is 5.75 Å². The first-order chi connectivity index (χ1) is 12.5. The molecule has 0 aliphatic heterocycles. The van der Waals surface area contributed by atoms with Gasteiger partial charge in [0, 0.05) is 6.42 Å². The Balaban J connectivity index is 1.55. The number of hydrogen-bond acceptors (Lipinski definition) is 3. The molecule has 6 heteroatoms. The van der Waals surface area contributed by atoms with E-state index in [0.29, 0.717) is 21.8 Å². The average Bonchev–Trinajstić information content (AvgIpc) is 2.64. The van der Waals surface area contributed by atoms with E-state index >= 15 is 0 Å². The Hall–Kier alpha value is -2.18. The fraction of sp³-hybridized carbons (Fsp3) is 0.100. The number of phenolic OH excluding ortho intramolecular Hbond substituents is 1. The van der Waals surface area contributed by atoms with E-state index in [1.54, 1.807) is 12.1 Å². The summed E-state index contributed by atoms with van der Waals surface area (Å²) >= 11 is 6.51. The van der Waals surface area contributed by atoms with Crippen LogP contribution < -0.4 is 5.43 Å². The van der Waals surface area contributed by atoms with E-state index in [2.05, 4.69) is 66.7 Å². The number of nitrogens with one attached hydrogen (secondary N) is 1. The number of rotatable bonds is 5. The van der Waals surface area contributed by atoms with Gasteiger partial charge in [0.05, 0.1) is 15.2 Å². The number of hydrazone groups is 1. The molecule has 0 aromatic heterocycles. The third kappa shape index (κ3) is 4.71.